The summed E-state index contributed by atoms with van der Waals surface area (Å²) >= 11 is 0. The molecule has 2 N–H and O–H groups in total. The lowest BCUT2D eigenvalue weighted by Crippen LogP contribution is -2.31. The van der Waals surface area contributed by atoms with Crippen LogP contribution in [0.1, 0.15) is 19.3 Å². The number of carbonyl (C=O) groups excluding carboxylic acids is 2. The summed E-state index contributed by atoms with van der Waals surface area (Å²) in [5.41, 5.74) is 0.970. The van der Waals surface area contributed by atoms with Crippen molar-refractivity contribution in [2.45, 2.75) is 30.3 Å². The van der Waals surface area contributed by atoms with Crippen LogP contribution in [-0.4, -0.2) is 46.0 Å². The van der Waals surface area contributed by atoms with Crippen LogP contribution in [0.3, 0.4) is 0 Å². The number of nitrogens with one attached hydrogen (secondary N) is 2. The molecule has 2 atom stereocenters. The minimum atomic E-state index is -3.68. The molecule has 2 fully saturated rings. The van der Waals surface area contributed by atoms with Gasteiger partial charge in [-0.05, 0) is 61.4 Å². The highest BCUT2D eigenvalue weighted by atomic mass is 32.2. The third-order valence-corrected chi connectivity index (χ3v) is 7.03. The summed E-state index contributed by atoms with van der Waals surface area (Å²) in [6, 6.07) is 11.4. The SMILES string of the molecule is O=C(Nc1ccc(S(=O)(=O)NC[C@@H]2CCCO2)cc1)[C@H]1CC(=O)N(c2ccc(F)cc2)C1. The minimum absolute atomic E-state index is 0.0445. The van der Waals surface area contributed by atoms with Crippen molar-refractivity contribution in [3.05, 3.63) is 54.3 Å². The van der Waals surface area contributed by atoms with E-state index in [0.29, 0.717) is 18.0 Å². The predicted molar refractivity (Wildman–Crippen MR) is 116 cm³/mol. The summed E-state index contributed by atoms with van der Waals surface area (Å²) in [4.78, 5) is 26.5. The van der Waals surface area contributed by atoms with E-state index in [1.165, 1.54) is 53.4 Å². The highest BCUT2D eigenvalue weighted by Gasteiger charge is 2.35. The van der Waals surface area contributed by atoms with Gasteiger partial charge in [-0.3, -0.25) is 9.59 Å². The summed E-state index contributed by atoms with van der Waals surface area (Å²) in [5.74, 6) is -1.52. The highest BCUT2D eigenvalue weighted by molar-refractivity contribution is 7.89. The monoisotopic (exact) mass is 461 g/mol. The van der Waals surface area contributed by atoms with Crippen molar-refractivity contribution in [1.82, 2.24) is 4.72 Å². The first kappa shape index (κ1) is 22.4. The number of halogens is 1. The van der Waals surface area contributed by atoms with Gasteiger partial charge in [0.15, 0.2) is 0 Å². The average molecular weight is 462 g/mol. The lowest BCUT2D eigenvalue weighted by molar-refractivity contribution is -0.122. The Morgan fingerprint density at radius 1 is 1.12 bits per heavy atom. The smallest absolute Gasteiger partial charge is 0.240 e. The van der Waals surface area contributed by atoms with Gasteiger partial charge >= 0.3 is 0 Å². The summed E-state index contributed by atoms with van der Waals surface area (Å²) in [5, 5.41) is 2.73. The van der Waals surface area contributed by atoms with Crippen LogP contribution >= 0.6 is 0 Å². The van der Waals surface area contributed by atoms with Crippen LogP contribution < -0.4 is 14.9 Å². The van der Waals surface area contributed by atoms with Crippen molar-refractivity contribution >= 4 is 33.2 Å². The van der Waals surface area contributed by atoms with Crippen molar-refractivity contribution < 1.29 is 27.1 Å². The summed E-state index contributed by atoms with van der Waals surface area (Å²) < 4.78 is 46.0. The Bertz CT molecular complexity index is 1080. The highest BCUT2D eigenvalue weighted by Crippen LogP contribution is 2.26. The molecule has 32 heavy (non-hydrogen) atoms. The first-order valence-corrected chi connectivity index (χ1v) is 11.9. The second-order valence-electron chi connectivity index (χ2n) is 7.88. The summed E-state index contributed by atoms with van der Waals surface area (Å²) in [6.07, 6.45) is 1.69. The first-order valence-electron chi connectivity index (χ1n) is 10.4. The number of hydrogen-bond donors (Lipinski definition) is 2. The molecule has 8 nitrogen and oxygen atoms in total. The predicted octanol–water partition coefficient (Wildman–Crippen LogP) is 2.27. The van der Waals surface area contributed by atoms with Crippen molar-refractivity contribution in [1.29, 1.82) is 0 Å². The number of carbonyl (C=O) groups is 2. The zero-order valence-electron chi connectivity index (χ0n) is 17.3. The molecule has 0 spiro atoms. The quantitative estimate of drug-likeness (QED) is 0.658. The Hall–Kier alpha value is -2.82. The number of sulfonamides is 1. The van der Waals surface area contributed by atoms with Crippen LogP contribution in [0, 0.1) is 11.7 Å². The normalized spacial score (nSPS) is 21.2. The Kier molecular flexibility index (Phi) is 6.54. The Morgan fingerprint density at radius 2 is 1.84 bits per heavy atom. The number of ether oxygens (including phenoxy) is 1. The van der Waals surface area contributed by atoms with Gasteiger partial charge in [-0.1, -0.05) is 0 Å². The maximum absolute atomic E-state index is 13.1. The van der Waals surface area contributed by atoms with Crippen molar-refractivity contribution in [3.8, 4) is 0 Å². The van der Waals surface area contributed by atoms with Gasteiger partial charge in [0.1, 0.15) is 5.82 Å². The topological polar surface area (TPSA) is 105 Å². The average Bonchev–Trinajstić information content (AvgIpc) is 3.43. The molecule has 170 valence electrons. The van der Waals surface area contributed by atoms with Gasteiger partial charge in [0, 0.05) is 37.5 Å². The molecule has 4 rings (SSSR count). The minimum Gasteiger partial charge on any atom is -0.377 e. The number of rotatable bonds is 7. The van der Waals surface area contributed by atoms with Gasteiger partial charge < -0.3 is 15.0 Å². The van der Waals surface area contributed by atoms with Gasteiger partial charge in [-0.25, -0.2) is 17.5 Å². The summed E-state index contributed by atoms with van der Waals surface area (Å²) in [6.45, 7) is 1.06. The molecule has 2 aliphatic rings. The first-order chi connectivity index (χ1) is 15.3. The lowest BCUT2D eigenvalue weighted by atomic mass is 10.1. The standard InChI is InChI=1S/C22H24FN3O5S/c23-16-3-7-18(8-4-16)26-14-15(12-21(26)27)22(28)25-17-5-9-20(10-6-17)32(29,30)24-13-19-2-1-11-31-19/h3-10,15,19,24H,1-2,11-14H2,(H,25,28)/t15-,19-/m0/s1. The lowest BCUT2D eigenvalue weighted by Gasteiger charge is -2.16. The molecule has 0 bridgehead atoms. The van der Waals surface area contributed by atoms with Gasteiger partial charge in [0.2, 0.25) is 21.8 Å². The maximum atomic E-state index is 13.1. The molecular formula is C22H24FN3O5S. The van der Waals surface area contributed by atoms with E-state index in [9.17, 15) is 22.4 Å². The Morgan fingerprint density at radius 3 is 2.50 bits per heavy atom. The van der Waals surface area contributed by atoms with E-state index in [0.717, 1.165) is 12.8 Å². The third-order valence-electron chi connectivity index (χ3n) is 5.59. The molecule has 2 aromatic carbocycles. The molecule has 0 aliphatic carbocycles. The molecular weight excluding hydrogens is 437 g/mol. The van der Waals surface area contributed by atoms with E-state index in [4.69, 9.17) is 4.74 Å². The van der Waals surface area contributed by atoms with Gasteiger partial charge in [-0.2, -0.15) is 0 Å². The van der Waals surface area contributed by atoms with Crippen molar-refractivity contribution in [2.75, 3.05) is 29.9 Å². The zero-order valence-corrected chi connectivity index (χ0v) is 18.1. The third kappa shape index (κ3) is 5.14. The number of anilines is 2. The molecule has 2 amide bonds. The fourth-order valence-electron chi connectivity index (χ4n) is 3.81. The number of nitrogens with zero attached hydrogens (tertiary/aromatic N) is 1. The molecule has 2 heterocycles. The Labute approximate surface area is 185 Å². The maximum Gasteiger partial charge on any atom is 0.240 e. The second kappa shape index (κ2) is 9.35. The molecule has 2 aliphatic heterocycles. The molecule has 0 aromatic heterocycles. The largest absolute Gasteiger partial charge is 0.377 e. The van der Waals surface area contributed by atoms with Crippen LogP contribution in [-0.2, 0) is 24.3 Å². The van der Waals surface area contributed by atoms with Crippen LogP contribution in [0.2, 0.25) is 0 Å². The van der Waals surface area contributed by atoms with Crippen LogP contribution in [0.25, 0.3) is 0 Å². The van der Waals surface area contributed by atoms with E-state index in [-0.39, 0.29) is 42.3 Å². The summed E-state index contributed by atoms with van der Waals surface area (Å²) in [7, 11) is -3.68. The molecule has 0 unspecified atom stereocenters. The molecule has 10 heteroatoms. The van der Waals surface area contributed by atoms with Gasteiger partial charge in [0.05, 0.1) is 16.9 Å². The van der Waals surface area contributed by atoms with Crippen LogP contribution in [0.15, 0.2) is 53.4 Å². The van der Waals surface area contributed by atoms with Crippen LogP contribution in [0.5, 0.6) is 0 Å². The van der Waals surface area contributed by atoms with E-state index in [2.05, 4.69) is 10.0 Å². The van der Waals surface area contributed by atoms with Gasteiger partial charge in [0.25, 0.3) is 0 Å². The van der Waals surface area contributed by atoms with Crippen LogP contribution in [0.4, 0.5) is 15.8 Å². The zero-order chi connectivity index (χ0) is 22.7. The van der Waals surface area contributed by atoms with E-state index < -0.39 is 21.8 Å². The molecule has 0 saturated carbocycles. The number of amides is 2. The molecule has 2 saturated heterocycles. The second-order valence-corrected chi connectivity index (χ2v) is 9.65. The fourth-order valence-corrected chi connectivity index (χ4v) is 4.87. The van der Waals surface area contributed by atoms with E-state index in [1.54, 1.807) is 0 Å². The van der Waals surface area contributed by atoms with Crippen molar-refractivity contribution in [2.24, 2.45) is 5.92 Å². The number of hydrogen-bond acceptors (Lipinski definition) is 5. The van der Waals surface area contributed by atoms with E-state index >= 15 is 0 Å². The van der Waals surface area contributed by atoms with Gasteiger partial charge in [-0.15, -0.1) is 0 Å². The molecule has 0 radical (unpaired) electrons. The van der Waals surface area contributed by atoms with Crippen molar-refractivity contribution in [3.63, 3.8) is 0 Å². The molecule has 2 aromatic rings. The number of benzene rings is 2. The van der Waals surface area contributed by atoms with E-state index in [1.807, 2.05) is 0 Å². The Balaban J connectivity index is 1.34. The fraction of sp³-hybridized carbons (Fsp3) is 0.364.